The molecule has 1 saturated carbocycles. The van der Waals surface area contributed by atoms with Crippen molar-refractivity contribution in [1.82, 2.24) is 10.6 Å². The fourth-order valence-corrected chi connectivity index (χ4v) is 3.42. The molecule has 1 aromatic rings. The van der Waals surface area contributed by atoms with E-state index in [0.29, 0.717) is 6.54 Å². The van der Waals surface area contributed by atoms with E-state index in [4.69, 9.17) is 0 Å². The van der Waals surface area contributed by atoms with Crippen LogP contribution in [0.2, 0.25) is 0 Å². The van der Waals surface area contributed by atoms with Gasteiger partial charge < -0.3 is 15.7 Å². The molecule has 2 unspecified atom stereocenters. The molecule has 21 heavy (non-hydrogen) atoms. The Balaban J connectivity index is 1.49. The summed E-state index contributed by atoms with van der Waals surface area (Å²) in [5, 5.41) is 16.4. The van der Waals surface area contributed by atoms with Gasteiger partial charge >= 0.3 is 0 Å². The molecule has 2 aliphatic rings. The van der Waals surface area contributed by atoms with E-state index in [2.05, 4.69) is 10.6 Å². The Bertz CT molecular complexity index is 506. The van der Waals surface area contributed by atoms with Crippen LogP contribution in [0.3, 0.4) is 0 Å². The molecule has 0 radical (unpaired) electrons. The SMILES string of the molecule is Cc1ccc(C(O)CNC(=O)C2CC23CCNCC3)cc1. The smallest absolute Gasteiger partial charge is 0.223 e. The maximum atomic E-state index is 12.2. The summed E-state index contributed by atoms with van der Waals surface area (Å²) in [5.41, 5.74) is 2.28. The highest BCUT2D eigenvalue weighted by atomic mass is 16.3. The van der Waals surface area contributed by atoms with Crippen molar-refractivity contribution in [3.05, 3.63) is 35.4 Å². The number of hydrogen-bond donors (Lipinski definition) is 3. The number of amides is 1. The van der Waals surface area contributed by atoms with E-state index in [1.165, 1.54) is 5.56 Å². The first-order valence-corrected chi connectivity index (χ1v) is 7.84. The Hall–Kier alpha value is -1.39. The second-order valence-corrected chi connectivity index (χ2v) is 6.54. The lowest BCUT2D eigenvalue weighted by Gasteiger charge is -2.23. The molecule has 3 rings (SSSR count). The fraction of sp³-hybridized carbons (Fsp3) is 0.588. The predicted molar refractivity (Wildman–Crippen MR) is 81.8 cm³/mol. The van der Waals surface area contributed by atoms with Crippen molar-refractivity contribution < 1.29 is 9.90 Å². The summed E-state index contributed by atoms with van der Waals surface area (Å²) >= 11 is 0. The number of aliphatic hydroxyl groups is 1. The highest BCUT2D eigenvalue weighted by Gasteiger charge is 2.57. The van der Waals surface area contributed by atoms with Crippen molar-refractivity contribution >= 4 is 5.91 Å². The van der Waals surface area contributed by atoms with Gasteiger partial charge in [0.15, 0.2) is 0 Å². The van der Waals surface area contributed by atoms with Gasteiger partial charge in [0, 0.05) is 12.5 Å². The number of aryl methyl sites for hydroxylation is 1. The van der Waals surface area contributed by atoms with Gasteiger partial charge in [-0.15, -0.1) is 0 Å². The van der Waals surface area contributed by atoms with Crippen LogP contribution in [0.5, 0.6) is 0 Å². The van der Waals surface area contributed by atoms with Crippen molar-refractivity contribution in [3.63, 3.8) is 0 Å². The molecule has 1 aliphatic heterocycles. The highest BCUT2D eigenvalue weighted by molar-refractivity contribution is 5.82. The molecule has 4 nitrogen and oxygen atoms in total. The van der Waals surface area contributed by atoms with Crippen LogP contribution in [0.1, 0.15) is 36.5 Å². The number of aliphatic hydroxyl groups excluding tert-OH is 1. The predicted octanol–water partition coefficient (Wildman–Crippen LogP) is 1.53. The zero-order chi connectivity index (χ0) is 14.9. The molecular formula is C17H24N2O2. The van der Waals surface area contributed by atoms with Gasteiger partial charge in [0.25, 0.3) is 0 Å². The van der Waals surface area contributed by atoms with Crippen LogP contribution in [-0.2, 0) is 4.79 Å². The first kappa shape index (κ1) is 14.5. The molecule has 0 aromatic heterocycles. The molecule has 1 heterocycles. The molecule has 4 heteroatoms. The van der Waals surface area contributed by atoms with Crippen LogP contribution < -0.4 is 10.6 Å². The van der Waals surface area contributed by atoms with E-state index in [1.807, 2.05) is 31.2 Å². The summed E-state index contributed by atoms with van der Waals surface area (Å²) < 4.78 is 0. The van der Waals surface area contributed by atoms with Gasteiger partial charge in [-0.05, 0) is 50.3 Å². The zero-order valence-electron chi connectivity index (χ0n) is 12.6. The maximum Gasteiger partial charge on any atom is 0.223 e. The summed E-state index contributed by atoms with van der Waals surface area (Å²) in [6.07, 6.45) is 2.59. The van der Waals surface area contributed by atoms with Crippen LogP contribution in [0.4, 0.5) is 0 Å². The second kappa shape index (κ2) is 5.78. The summed E-state index contributed by atoms with van der Waals surface area (Å²) in [6.45, 7) is 4.36. The van der Waals surface area contributed by atoms with Crippen molar-refractivity contribution in [2.45, 2.75) is 32.3 Å². The highest BCUT2D eigenvalue weighted by Crippen LogP contribution is 2.58. The van der Waals surface area contributed by atoms with Crippen LogP contribution in [-0.4, -0.2) is 30.6 Å². The summed E-state index contributed by atoms with van der Waals surface area (Å²) in [6, 6.07) is 7.78. The largest absolute Gasteiger partial charge is 0.387 e. The zero-order valence-corrected chi connectivity index (χ0v) is 12.6. The molecule has 1 spiro atoms. The lowest BCUT2D eigenvalue weighted by atomic mass is 9.92. The number of piperidine rings is 1. The second-order valence-electron chi connectivity index (χ2n) is 6.54. The number of benzene rings is 1. The molecule has 1 aromatic carbocycles. The average molecular weight is 288 g/mol. The first-order valence-electron chi connectivity index (χ1n) is 7.84. The maximum absolute atomic E-state index is 12.2. The van der Waals surface area contributed by atoms with Gasteiger partial charge in [0.1, 0.15) is 0 Å². The number of carbonyl (C=O) groups excluding carboxylic acids is 1. The summed E-state index contributed by atoms with van der Waals surface area (Å²) in [7, 11) is 0. The van der Waals surface area contributed by atoms with E-state index < -0.39 is 6.10 Å². The van der Waals surface area contributed by atoms with Crippen molar-refractivity contribution in [2.75, 3.05) is 19.6 Å². The Morgan fingerprint density at radius 2 is 2.05 bits per heavy atom. The third-order valence-electron chi connectivity index (χ3n) is 5.04. The standard InChI is InChI=1S/C17H24N2O2/c1-12-2-4-13(5-3-12)15(20)11-19-16(21)14-10-17(14)6-8-18-9-7-17/h2-5,14-15,18,20H,6-11H2,1H3,(H,19,21). The van der Waals surface area contributed by atoms with E-state index in [1.54, 1.807) is 0 Å². The first-order chi connectivity index (χ1) is 10.1. The monoisotopic (exact) mass is 288 g/mol. The quantitative estimate of drug-likeness (QED) is 0.787. The van der Waals surface area contributed by atoms with E-state index in [0.717, 1.165) is 37.9 Å². The fourth-order valence-electron chi connectivity index (χ4n) is 3.42. The summed E-state index contributed by atoms with van der Waals surface area (Å²) in [5.74, 6) is 0.271. The van der Waals surface area contributed by atoms with Crippen LogP contribution >= 0.6 is 0 Å². The minimum atomic E-state index is -0.628. The number of nitrogens with one attached hydrogen (secondary N) is 2. The van der Waals surface area contributed by atoms with Crippen LogP contribution in [0.25, 0.3) is 0 Å². The Labute approximate surface area is 125 Å². The van der Waals surface area contributed by atoms with Crippen molar-refractivity contribution in [3.8, 4) is 0 Å². The molecule has 2 fully saturated rings. The van der Waals surface area contributed by atoms with E-state index in [9.17, 15) is 9.90 Å². The molecule has 1 saturated heterocycles. The lowest BCUT2D eigenvalue weighted by molar-refractivity contribution is -0.123. The summed E-state index contributed by atoms with van der Waals surface area (Å²) in [4.78, 5) is 12.2. The van der Waals surface area contributed by atoms with E-state index >= 15 is 0 Å². The topological polar surface area (TPSA) is 61.4 Å². The molecule has 2 atom stereocenters. The van der Waals surface area contributed by atoms with Gasteiger partial charge in [-0.2, -0.15) is 0 Å². The van der Waals surface area contributed by atoms with Crippen molar-refractivity contribution in [2.24, 2.45) is 11.3 Å². The molecule has 1 amide bonds. The van der Waals surface area contributed by atoms with Crippen LogP contribution in [0, 0.1) is 18.3 Å². The van der Waals surface area contributed by atoms with Crippen LogP contribution in [0.15, 0.2) is 24.3 Å². The minimum absolute atomic E-state index is 0.114. The molecule has 1 aliphatic carbocycles. The molecule has 0 bridgehead atoms. The number of hydrogen-bond acceptors (Lipinski definition) is 3. The van der Waals surface area contributed by atoms with Gasteiger partial charge in [0.2, 0.25) is 5.91 Å². The van der Waals surface area contributed by atoms with Gasteiger partial charge in [-0.1, -0.05) is 29.8 Å². The average Bonchev–Trinajstić information content (AvgIpc) is 3.19. The van der Waals surface area contributed by atoms with Gasteiger partial charge in [0.05, 0.1) is 6.10 Å². The normalized spacial score (nSPS) is 24.6. The minimum Gasteiger partial charge on any atom is -0.387 e. The Kier molecular flexibility index (Phi) is 4.00. The molecular weight excluding hydrogens is 264 g/mol. The lowest BCUT2D eigenvalue weighted by Crippen LogP contribution is -2.35. The van der Waals surface area contributed by atoms with Gasteiger partial charge in [-0.3, -0.25) is 4.79 Å². The van der Waals surface area contributed by atoms with E-state index in [-0.39, 0.29) is 17.2 Å². The molecule has 3 N–H and O–H groups in total. The Morgan fingerprint density at radius 1 is 1.38 bits per heavy atom. The number of rotatable bonds is 4. The Morgan fingerprint density at radius 3 is 2.71 bits per heavy atom. The third-order valence-corrected chi connectivity index (χ3v) is 5.04. The van der Waals surface area contributed by atoms with Gasteiger partial charge in [-0.25, -0.2) is 0 Å². The number of carbonyl (C=O) groups is 1. The third kappa shape index (κ3) is 3.11. The molecule has 114 valence electrons. The van der Waals surface area contributed by atoms with Crippen molar-refractivity contribution in [1.29, 1.82) is 0 Å².